The Morgan fingerprint density at radius 1 is 1.19 bits per heavy atom. The van der Waals surface area contributed by atoms with Crippen molar-refractivity contribution < 1.29 is 0 Å². The van der Waals surface area contributed by atoms with Gasteiger partial charge >= 0.3 is 0 Å². The van der Waals surface area contributed by atoms with Crippen molar-refractivity contribution in [2.24, 2.45) is 27.2 Å². The summed E-state index contributed by atoms with van der Waals surface area (Å²) in [7, 11) is 0. The molecule has 86 valence electrons. The van der Waals surface area contributed by atoms with E-state index in [2.05, 4.69) is 32.6 Å². The average molecular weight is 331 g/mol. The number of guanidine groups is 2. The lowest BCUT2D eigenvalue weighted by molar-refractivity contribution is 1.30. The van der Waals surface area contributed by atoms with Crippen molar-refractivity contribution in [3.8, 4) is 0 Å². The highest BCUT2D eigenvalue weighted by atomic mass is 127. The van der Waals surface area contributed by atoms with Gasteiger partial charge in [0.25, 0.3) is 0 Å². The van der Waals surface area contributed by atoms with Crippen molar-refractivity contribution in [2.75, 3.05) is 0 Å². The fourth-order valence-electron chi connectivity index (χ4n) is 1.32. The van der Waals surface area contributed by atoms with Gasteiger partial charge in [0.05, 0.1) is 5.69 Å². The van der Waals surface area contributed by atoms with Crippen LogP contribution in [-0.4, -0.2) is 11.9 Å². The molecule has 0 radical (unpaired) electrons. The Bertz CT molecular complexity index is 437. The Kier molecular flexibility index (Phi) is 4.11. The standard InChI is InChI=1S/C10H14IN5/c1-5-3-6(2)8(7(11)4-5)15-10(14)16-9(12)13/h3-4H,1-2H3,(H6,12,13,14,15,16). The minimum Gasteiger partial charge on any atom is -0.370 e. The number of rotatable bonds is 1. The van der Waals surface area contributed by atoms with Crippen LogP contribution in [0.5, 0.6) is 0 Å². The molecular weight excluding hydrogens is 317 g/mol. The summed E-state index contributed by atoms with van der Waals surface area (Å²) in [4.78, 5) is 7.85. The third-order valence-electron chi connectivity index (χ3n) is 1.87. The van der Waals surface area contributed by atoms with Crippen molar-refractivity contribution in [1.82, 2.24) is 0 Å². The summed E-state index contributed by atoms with van der Waals surface area (Å²) in [5, 5.41) is 0. The Balaban J connectivity index is 3.20. The molecule has 0 unspecified atom stereocenters. The van der Waals surface area contributed by atoms with Crippen molar-refractivity contribution >= 4 is 40.2 Å². The number of aliphatic imine (C=N–C) groups is 2. The van der Waals surface area contributed by atoms with E-state index in [1.54, 1.807) is 0 Å². The van der Waals surface area contributed by atoms with E-state index in [0.717, 1.165) is 14.8 Å². The molecule has 16 heavy (non-hydrogen) atoms. The molecule has 0 aliphatic heterocycles. The Morgan fingerprint density at radius 2 is 1.81 bits per heavy atom. The summed E-state index contributed by atoms with van der Waals surface area (Å²) in [6, 6.07) is 4.05. The Morgan fingerprint density at radius 3 is 2.31 bits per heavy atom. The molecule has 1 aromatic rings. The van der Waals surface area contributed by atoms with Crippen LogP contribution >= 0.6 is 22.6 Å². The minimum atomic E-state index is -0.0963. The van der Waals surface area contributed by atoms with Crippen LogP contribution in [-0.2, 0) is 0 Å². The van der Waals surface area contributed by atoms with Crippen LogP contribution in [0.4, 0.5) is 5.69 Å². The zero-order chi connectivity index (χ0) is 12.3. The van der Waals surface area contributed by atoms with E-state index in [4.69, 9.17) is 17.2 Å². The second kappa shape index (κ2) is 5.15. The highest BCUT2D eigenvalue weighted by molar-refractivity contribution is 14.1. The molecule has 0 spiro atoms. The van der Waals surface area contributed by atoms with Crippen molar-refractivity contribution in [2.45, 2.75) is 13.8 Å². The SMILES string of the molecule is Cc1cc(C)c(N=C(N)N=C(N)N)c(I)c1. The summed E-state index contributed by atoms with van der Waals surface area (Å²) in [5.74, 6) is -0.0362. The monoisotopic (exact) mass is 331 g/mol. The van der Waals surface area contributed by atoms with Gasteiger partial charge in [-0.15, -0.1) is 0 Å². The maximum atomic E-state index is 5.58. The van der Waals surface area contributed by atoms with Crippen LogP contribution in [0.2, 0.25) is 0 Å². The maximum absolute atomic E-state index is 5.58. The molecule has 6 N–H and O–H groups in total. The molecular formula is C10H14IN5. The average Bonchev–Trinajstić information content (AvgIpc) is 2.09. The van der Waals surface area contributed by atoms with Crippen molar-refractivity contribution in [3.63, 3.8) is 0 Å². The van der Waals surface area contributed by atoms with Gasteiger partial charge in [0.1, 0.15) is 0 Å². The molecule has 0 saturated carbocycles. The number of halogens is 1. The lowest BCUT2D eigenvalue weighted by atomic mass is 10.1. The lowest BCUT2D eigenvalue weighted by Crippen LogP contribution is -2.26. The molecule has 6 heteroatoms. The zero-order valence-electron chi connectivity index (χ0n) is 9.16. The maximum Gasteiger partial charge on any atom is 0.223 e. The highest BCUT2D eigenvalue weighted by Gasteiger charge is 2.04. The van der Waals surface area contributed by atoms with Gasteiger partial charge in [0.15, 0.2) is 5.96 Å². The number of hydrogen-bond acceptors (Lipinski definition) is 1. The van der Waals surface area contributed by atoms with Crippen LogP contribution in [0.15, 0.2) is 22.1 Å². The van der Waals surface area contributed by atoms with Gasteiger partial charge < -0.3 is 17.2 Å². The molecule has 0 bridgehead atoms. The molecule has 0 aromatic heterocycles. The molecule has 0 fully saturated rings. The summed E-state index contributed by atoms with van der Waals surface area (Å²) in [6.07, 6.45) is 0. The van der Waals surface area contributed by atoms with E-state index in [-0.39, 0.29) is 11.9 Å². The number of nitrogens with two attached hydrogens (primary N) is 3. The third kappa shape index (κ3) is 3.37. The normalized spacial score (nSPS) is 11.3. The van der Waals surface area contributed by atoms with Crippen molar-refractivity contribution in [3.05, 3.63) is 26.8 Å². The Hall–Kier alpha value is -1.31. The van der Waals surface area contributed by atoms with E-state index in [9.17, 15) is 0 Å². The molecule has 0 aliphatic rings. The summed E-state index contributed by atoms with van der Waals surface area (Å²) in [6.45, 7) is 4.00. The largest absolute Gasteiger partial charge is 0.370 e. The molecule has 1 rings (SSSR count). The molecule has 0 amide bonds. The Labute approximate surface area is 108 Å². The third-order valence-corrected chi connectivity index (χ3v) is 2.69. The van der Waals surface area contributed by atoms with E-state index in [1.807, 2.05) is 26.0 Å². The number of hydrogen-bond donors (Lipinski definition) is 3. The predicted molar refractivity (Wildman–Crippen MR) is 75.7 cm³/mol. The summed E-state index contributed by atoms with van der Waals surface area (Å²) in [5.41, 5.74) is 19.0. The molecule has 5 nitrogen and oxygen atoms in total. The van der Waals surface area contributed by atoms with E-state index in [0.29, 0.717) is 0 Å². The highest BCUT2D eigenvalue weighted by Crippen LogP contribution is 2.27. The second-order valence-electron chi connectivity index (χ2n) is 3.42. The second-order valence-corrected chi connectivity index (χ2v) is 4.58. The number of aryl methyl sites for hydroxylation is 2. The van der Waals surface area contributed by atoms with E-state index >= 15 is 0 Å². The van der Waals surface area contributed by atoms with Crippen molar-refractivity contribution in [1.29, 1.82) is 0 Å². The quantitative estimate of drug-likeness (QED) is 0.408. The van der Waals surface area contributed by atoms with Gasteiger partial charge in [-0.3, -0.25) is 0 Å². The minimum absolute atomic E-state index is 0.0601. The molecule has 0 aliphatic carbocycles. The number of benzene rings is 1. The zero-order valence-corrected chi connectivity index (χ0v) is 11.3. The molecule has 1 aromatic carbocycles. The van der Waals surface area contributed by atoms with Crippen LogP contribution < -0.4 is 17.2 Å². The van der Waals surface area contributed by atoms with Crippen LogP contribution in [0.3, 0.4) is 0 Å². The fraction of sp³-hybridized carbons (Fsp3) is 0.200. The predicted octanol–water partition coefficient (Wildman–Crippen LogP) is 1.13. The van der Waals surface area contributed by atoms with Gasteiger partial charge in [-0.1, -0.05) is 6.07 Å². The fourth-order valence-corrected chi connectivity index (χ4v) is 2.36. The van der Waals surface area contributed by atoms with Crippen LogP contribution in [0.25, 0.3) is 0 Å². The topological polar surface area (TPSA) is 103 Å². The first-order valence-corrected chi connectivity index (χ1v) is 5.68. The van der Waals surface area contributed by atoms with E-state index in [1.165, 1.54) is 5.56 Å². The first-order valence-electron chi connectivity index (χ1n) is 4.60. The summed E-state index contributed by atoms with van der Waals surface area (Å²) < 4.78 is 1.02. The molecule has 0 saturated heterocycles. The molecule has 0 atom stereocenters. The van der Waals surface area contributed by atoms with Gasteiger partial charge in [0, 0.05) is 3.57 Å². The van der Waals surface area contributed by atoms with Gasteiger partial charge in [0.2, 0.25) is 5.96 Å². The molecule has 0 heterocycles. The van der Waals surface area contributed by atoms with E-state index < -0.39 is 0 Å². The smallest absolute Gasteiger partial charge is 0.223 e. The van der Waals surface area contributed by atoms with Gasteiger partial charge in [-0.25, -0.2) is 4.99 Å². The summed E-state index contributed by atoms with van der Waals surface area (Å²) >= 11 is 2.21. The van der Waals surface area contributed by atoms with Gasteiger partial charge in [-0.05, 0) is 53.6 Å². The number of nitrogens with zero attached hydrogens (tertiary/aromatic N) is 2. The lowest BCUT2D eigenvalue weighted by Gasteiger charge is -2.05. The van der Waals surface area contributed by atoms with Gasteiger partial charge in [-0.2, -0.15) is 4.99 Å². The van der Waals surface area contributed by atoms with Crippen LogP contribution in [0.1, 0.15) is 11.1 Å². The van der Waals surface area contributed by atoms with Crippen LogP contribution in [0, 0.1) is 17.4 Å². The first-order chi connectivity index (χ1) is 7.40. The first kappa shape index (κ1) is 12.8.